The van der Waals surface area contributed by atoms with Gasteiger partial charge in [-0.2, -0.15) is 4.98 Å². The van der Waals surface area contributed by atoms with Gasteiger partial charge < -0.3 is 20.3 Å². The standard InChI is InChI=1S/C19H23F2N7O/c20-19(21)6-12-10-28(11-13(12)7-19)18-25-15(14-8-23-17(22)24-9-14)5-16(26-18)27-1-3-29-4-2-27/h5,8-9,12-13H,1-4,6-7,10-11H2,(H2,22,23,24)/t12-,13+. The molecule has 2 atom stereocenters. The molecular formula is C19H23F2N7O. The summed E-state index contributed by atoms with van der Waals surface area (Å²) in [5.74, 6) is -0.992. The highest BCUT2D eigenvalue weighted by Crippen LogP contribution is 2.47. The highest BCUT2D eigenvalue weighted by molar-refractivity contribution is 5.64. The lowest BCUT2D eigenvalue weighted by molar-refractivity contribution is 0.00171. The molecule has 0 bridgehead atoms. The minimum absolute atomic E-state index is 0.0102. The van der Waals surface area contributed by atoms with Gasteiger partial charge in [-0.25, -0.2) is 23.7 Å². The topological polar surface area (TPSA) is 93.3 Å². The van der Waals surface area contributed by atoms with Crippen LogP contribution in [0.15, 0.2) is 18.5 Å². The molecule has 0 aromatic carbocycles. The van der Waals surface area contributed by atoms with Crippen molar-refractivity contribution < 1.29 is 13.5 Å². The summed E-state index contributed by atoms with van der Waals surface area (Å²) in [5.41, 5.74) is 7.04. The van der Waals surface area contributed by atoms with E-state index in [2.05, 4.69) is 14.9 Å². The predicted molar refractivity (Wildman–Crippen MR) is 104 cm³/mol. The second-order valence-corrected chi connectivity index (χ2v) is 8.03. The summed E-state index contributed by atoms with van der Waals surface area (Å²) in [4.78, 5) is 21.8. The van der Waals surface area contributed by atoms with E-state index in [1.165, 1.54) is 0 Å². The second-order valence-electron chi connectivity index (χ2n) is 8.03. The molecule has 2 aliphatic heterocycles. The highest BCUT2D eigenvalue weighted by atomic mass is 19.3. The van der Waals surface area contributed by atoms with E-state index >= 15 is 0 Å². The smallest absolute Gasteiger partial charge is 0.248 e. The molecule has 3 aliphatic rings. The number of nitrogens with two attached hydrogens (primary N) is 1. The number of fused-ring (bicyclic) bond motifs is 1. The molecule has 2 aromatic rings. The Bertz CT molecular complexity index is 873. The van der Waals surface area contributed by atoms with Gasteiger partial charge in [-0.15, -0.1) is 0 Å². The van der Waals surface area contributed by atoms with Crippen LogP contribution in [0, 0.1) is 11.8 Å². The molecule has 2 saturated heterocycles. The maximum absolute atomic E-state index is 13.7. The van der Waals surface area contributed by atoms with Crippen molar-refractivity contribution in [3.8, 4) is 11.3 Å². The first-order chi connectivity index (χ1) is 14.0. The summed E-state index contributed by atoms with van der Waals surface area (Å²) >= 11 is 0. The fourth-order valence-corrected chi connectivity index (χ4v) is 4.55. The van der Waals surface area contributed by atoms with Crippen LogP contribution in [0.4, 0.5) is 26.5 Å². The molecule has 0 spiro atoms. The molecule has 4 heterocycles. The van der Waals surface area contributed by atoms with E-state index < -0.39 is 5.92 Å². The van der Waals surface area contributed by atoms with Gasteiger partial charge in [-0.05, 0) is 11.8 Å². The third-order valence-electron chi connectivity index (χ3n) is 5.98. The predicted octanol–water partition coefficient (Wildman–Crippen LogP) is 1.83. The summed E-state index contributed by atoms with van der Waals surface area (Å²) in [6.07, 6.45) is 3.18. The quantitative estimate of drug-likeness (QED) is 0.830. The Labute approximate surface area is 167 Å². The number of alkyl halides is 2. The maximum Gasteiger partial charge on any atom is 0.248 e. The Morgan fingerprint density at radius 3 is 2.31 bits per heavy atom. The lowest BCUT2D eigenvalue weighted by Gasteiger charge is -2.29. The van der Waals surface area contributed by atoms with E-state index in [9.17, 15) is 8.78 Å². The molecule has 0 amide bonds. The van der Waals surface area contributed by atoms with E-state index in [4.69, 9.17) is 20.4 Å². The number of hydrogen-bond donors (Lipinski definition) is 1. The van der Waals surface area contributed by atoms with E-state index in [0.29, 0.717) is 37.9 Å². The first kappa shape index (κ1) is 18.4. The van der Waals surface area contributed by atoms with Gasteiger partial charge in [-0.1, -0.05) is 0 Å². The van der Waals surface area contributed by atoms with E-state index in [1.54, 1.807) is 12.4 Å². The Kier molecular flexibility index (Phi) is 4.45. The minimum Gasteiger partial charge on any atom is -0.378 e. The zero-order valence-electron chi connectivity index (χ0n) is 16.0. The number of ether oxygens (including phenoxy) is 1. The normalized spacial score (nSPS) is 26.0. The molecule has 2 N–H and O–H groups in total. The molecule has 2 aromatic heterocycles. The molecular weight excluding hydrogens is 380 g/mol. The number of rotatable bonds is 3. The lowest BCUT2D eigenvalue weighted by Crippen LogP contribution is -2.37. The Balaban J connectivity index is 1.47. The number of halogens is 2. The van der Waals surface area contributed by atoms with Crippen molar-refractivity contribution in [3.63, 3.8) is 0 Å². The fraction of sp³-hybridized carbons (Fsp3) is 0.579. The zero-order chi connectivity index (χ0) is 20.0. The van der Waals surface area contributed by atoms with Crippen molar-refractivity contribution in [1.82, 2.24) is 19.9 Å². The van der Waals surface area contributed by atoms with Crippen LogP contribution in [-0.2, 0) is 4.74 Å². The zero-order valence-corrected chi connectivity index (χ0v) is 16.0. The van der Waals surface area contributed by atoms with Crippen molar-refractivity contribution in [1.29, 1.82) is 0 Å². The van der Waals surface area contributed by atoms with Gasteiger partial charge in [0.25, 0.3) is 0 Å². The Hall–Kier alpha value is -2.62. The highest BCUT2D eigenvalue weighted by Gasteiger charge is 2.50. The number of morpholine rings is 1. The molecule has 3 fully saturated rings. The van der Waals surface area contributed by atoms with E-state index in [1.807, 2.05) is 11.0 Å². The summed E-state index contributed by atoms with van der Waals surface area (Å²) < 4.78 is 32.9. The van der Waals surface area contributed by atoms with Crippen molar-refractivity contribution >= 4 is 17.7 Å². The fourth-order valence-electron chi connectivity index (χ4n) is 4.55. The summed E-state index contributed by atoms with van der Waals surface area (Å²) in [6.45, 7) is 3.89. The molecule has 8 nitrogen and oxygen atoms in total. The van der Waals surface area contributed by atoms with Crippen LogP contribution in [0.2, 0.25) is 0 Å². The van der Waals surface area contributed by atoms with Crippen LogP contribution in [0.1, 0.15) is 12.8 Å². The van der Waals surface area contributed by atoms with Gasteiger partial charge in [0.1, 0.15) is 5.82 Å². The van der Waals surface area contributed by atoms with Gasteiger partial charge in [-0.3, -0.25) is 0 Å². The van der Waals surface area contributed by atoms with E-state index in [-0.39, 0.29) is 30.6 Å². The number of hydrogen-bond acceptors (Lipinski definition) is 8. The van der Waals surface area contributed by atoms with Crippen LogP contribution in [0.25, 0.3) is 11.3 Å². The molecule has 29 heavy (non-hydrogen) atoms. The van der Waals surface area contributed by atoms with Gasteiger partial charge in [0.2, 0.25) is 17.8 Å². The molecule has 5 rings (SSSR count). The largest absolute Gasteiger partial charge is 0.378 e. The number of nitrogen functional groups attached to an aromatic ring is 1. The third kappa shape index (κ3) is 3.68. The van der Waals surface area contributed by atoms with Gasteiger partial charge in [0.15, 0.2) is 0 Å². The van der Waals surface area contributed by atoms with Crippen molar-refractivity contribution in [3.05, 3.63) is 18.5 Å². The van der Waals surface area contributed by atoms with Crippen molar-refractivity contribution in [2.45, 2.75) is 18.8 Å². The number of aromatic nitrogens is 4. The van der Waals surface area contributed by atoms with Crippen molar-refractivity contribution in [2.75, 3.05) is 54.9 Å². The van der Waals surface area contributed by atoms with Crippen LogP contribution in [-0.4, -0.2) is 65.3 Å². The van der Waals surface area contributed by atoms with Crippen LogP contribution in [0.5, 0.6) is 0 Å². The SMILES string of the molecule is Nc1ncc(-c2cc(N3CCOCC3)nc(N3C[C@@H]4CC(F)(F)C[C@@H]4C3)n2)cn1. The monoisotopic (exact) mass is 403 g/mol. The van der Waals surface area contributed by atoms with Gasteiger partial charge in [0, 0.05) is 63.0 Å². The molecule has 0 unspecified atom stereocenters. The second kappa shape index (κ2) is 7.01. The Morgan fingerprint density at radius 2 is 1.66 bits per heavy atom. The van der Waals surface area contributed by atoms with E-state index in [0.717, 1.165) is 24.5 Å². The van der Waals surface area contributed by atoms with Gasteiger partial charge in [0.05, 0.1) is 18.9 Å². The molecule has 1 saturated carbocycles. The van der Waals surface area contributed by atoms with Crippen LogP contribution < -0.4 is 15.5 Å². The number of nitrogens with zero attached hydrogens (tertiary/aromatic N) is 6. The third-order valence-corrected chi connectivity index (χ3v) is 5.98. The summed E-state index contributed by atoms with van der Waals surface area (Å²) in [6, 6.07) is 1.91. The van der Waals surface area contributed by atoms with Gasteiger partial charge >= 0.3 is 0 Å². The average Bonchev–Trinajstić information content (AvgIpc) is 3.22. The first-order valence-corrected chi connectivity index (χ1v) is 9.89. The summed E-state index contributed by atoms with van der Waals surface area (Å²) in [7, 11) is 0. The maximum atomic E-state index is 13.7. The molecule has 10 heteroatoms. The minimum atomic E-state index is -2.54. The molecule has 154 valence electrons. The van der Waals surface area contributed by atoms with Crippen molar-refractivity contribution in [2.24, 2.45) is 11.8 Å². The molecule has 0 radical (unpaired) electrons. The van der Waals surface area contributed by atoms with Crippen LogP contribution >= 0.6 is 0 Å². The molecule has 1 aliphatic carbocycles. The lowest BCUT2D eigenvalue weighted by atomic mass is 10.0. The average molecular weight is 403 g/mol. The summed E-state index contributed by atoms with van der Waals surface area (Å²) in [5, 5.41) is 0. The number of anilines is 3. The first-order valence-electron chi connectivity index (χ1n) is 9.89. The Morgan fingerprint density at radius 1 is 1.00 bits per heavy atom. The van der Waals surface area contributed by atoms with Crippen LogP contribution in [0.3, 0.4) is 0 Å².